The molecule has 3 heteroatoms. The Morgan fingerprint density at radius 3 is 2.35 bits per heavy atom. The molecule has 1 atom stereocenters. The first-order chi connectivity index (χ1) is 9.72. The lowest BCUT2D eigenvalue weighted by atomic mass is 9.92. The number of hydrogen-bond acceptors (Lipinski definition) is 3. The standard InChI is InChI=1S/C17H35N3/c1-4-19-13-8-16(9-14-19)7-6-11-20(5-2)17-10-12-18(3)15-17/h16-17H,4-15H2,1-3H3. The average molecular weight is 281 g/mol. The van der Waals surface area contributed by atoms with Crippen molar-refractivity contribution in [2.75, 3.05) is 52.9 Å². The minimum atomic E-state index is 0.826. The summed E-state index contributed by atoms with van der Waals surface area (Å²) in [4.78, 5) is 7.81. The molecule has 0 aliphatic carbocycles. The van der Waals surface area contributed by atoms with Crippen LogP contribution in [-0.4, -0.2) is 73.6 Å². The lowest BCUT2D eigenvalue weighted by Gasteiger charge is -2.32. The molecular weight excluding hydrogens is 246 g/mol. The molecule has 0 bridgehead atoms. The largest absolute Gasteiger partial charge is 0.305 e. The Morgan fingerprint density at radius 1 is 1.05 bits per heavy atom. The summed E-state index contributed by atoms with van der Waals surface area (Å²) in [5.41, 5.74) is 0. The van der Waals surface area contributed by atoms with Crippen LogP contribution in [-0.2, 0) is 0 Å². The molecule has 2 aliphatic heterocycles. The Labute approximate surface area is 126 Å². The van der Waals surface area contributed by atoms with Crippen LogP contribution >= 0.6 is 0 Å². The maximum Gasteiger partial charge on any atom is 0.0235 e. The van der Waals surface area contributed by atoms with Crippen molar-refractivity contribution in [3.63, 3.8) is 0 Å². The molecule has 2 rings (SSSR count). The van der Waals surface area contributed by atoms with E-state index in [1.807, 2.05) is 0 Å². The molecule has 20 heavy (non-hydrogen) atoms. The van der Waals surface area contributed by atoms with Crippen molar-refractivity contribution in [2.45, 2.75) is 52.0 Å². The number of rotatable bonds is 7. The highest BCUT2D eigenvalue weighted by molar-refractivity contribution is 4.81. The molecule has 0 saturated carbocycles. The Bertz CT molecular complexity index is 261. The molecule has 2 saturated heterocycles. The first kappa shape index (κ1) is 16.3. The predicted octanol–water partition coefficient (Wildman–Crippen LogP) is 2.52. The summed E-state index contributed by atoms with van der Waals surface area (Å²) in [6, 6.07) is 0.826. The number of nitrogens with zero attached hydrogens (tertiary/aromatic N) is 3. The van der Waals surface area contributed by atoms with Crippen molar-refractivity contribution >= 4 is 0 Å². The van der Waals surface area contributed by atoms with Crippen molar-refractivity contribution < 1.29 is 0 Å². The van der Waals surface area contributed by atoms with Gasteiger partial charge < -0.3 is 9.80 Å². The van der Waals surface area contributed by atoms with Crippen LogP contribution in [0.3, 0.4) is 0 Å². The van der Waals surface area contributed by atoms with Crippen molar-refractivity contribution in [2.24, 2.45) is 5.92 Å². The second-order valence-corrected chi connectivity index (χ2v) is 6.85. The third-order valence-electron chi connectivity index (χ3n) is 5.50. The fourth-order valence-corrected chi connectivity index (χ4v) is 3.98. The summed E-state index contributed by atoms with van der Waals surface area (Å²) in [6.45, 7) is 13.7. The fraction of sp³-hybridized carbons (Fsp3) is 1.00. The van der Waals surface area contributed by atoms with Gasteiger partial charge in [-0.15, -0.1) is 0 Å². The van der Waals surface area contributed by atoms with Gasteiger partial charge in [0.15, 0.2) is 0 Å². The maximum atomic E-state index is 2.73. The molecule has 2 fully saturated rings. The second-order valence-electron chi connectivity index (χ2n) is 6.85. The van der Waals surface area contributed by atoms with Gasteiger partial charge in [-0.3, -0.25) is 4.90 Å². The van der Waals surface area contributed by atoms with E-state index in [9.17, 15) is 0 Å². The van der Waals surface area contributed by atoms with E-state index >= 15 is 0 Å². The lowest BCUT2D eigenvalue weighted by Crippen LogP contribution is -2.38. The number of hydrogen-bond donors (Lipinski definition) is 0. The molecule has 3 nitrogen and oxygen atoms in total. The highest BCUT2D eigenvalue weighted by atomic mass is 15.2. The monoisotopic (exact) mass is 281 g/mol. The molecule has 0 aromatic heterocycles. The summed E-state index contributed by atoms with van der Waals surface area (Å²) in [5.74, 6) is 1.00. The lowest BCUT2D eigenvalue weighted by molar-refractivity contribution is 0.169. The van der Waals surface area contributed by atoms with Crippen LogP contribution in [0, 0.1) is 5.92 Å². The first-order valence-electron chi connectivity index (χ1n) is 8.87. The number of likely N-dealkylation sites (N-methyl/N-ethyl adjacent to an activating group) is 2. The van der Waals surface area contributed by atoms with Gasteiger partial charge in [0, 0.05) is 12.6 Å². The molecule has 118 valence electrons. The highest BCUT2D eigenvalue weighted by Gasteiger charge is 2.24. The van der Waals surface area contributed by atoms with E-state index in [-0.39, 0.29) is 0 Å². The zero-order valence-electron chi connectivity index (χ0n) is 14.0. The van der Waals surface area contributed by atoms with Crippen LogP contribution < -0.4 is 0 Å². The second kappa shape index (κ2) is 8.35. The average Bonchev–Trinajstić information content (AvgIpc) is 2.90. The van der Waals surface area contributed by atoms with Gasteiger partial charge in [0.1, 0.15) is 0 Å². The summed E-state index contributed by atoms with van der Waals surface area (Å²) in [6.07, 6.45) is 7.11. The highest BCUT2D eigenvalue weighted by Crippen LogP contribution is 2.22. The topological polar surface area (TPSA) is 9.72 Å². The van der Waals surface area contributed by atoms with E-state index in [4.69, 9.17) is 0 Å². The minimum absolute atomic E-state index is 0.826. The normalized spacial score (nSPS) is 26.7. The molecule has 1 unspecified atom stereocenters. The van der Waals surface area contributed by atoms with Crippen molar-refractivity contribution in [1.82, 2.24) is 14.7 Å². The number of piperidine rings is 1. The third kappa shape index (κ3) is 4.71. The Hall–Kier alpha value is -0.120. The molecule has 2 aliphatic rings. The van der Waals surface area contributed by atoms with Gasteiger partial charge in [-0.25, -0.2) is 0 Å². The van der Waals surface area contributed by atoms with Crippen LogP contribution in [0.2, 0.25) is 0 Å². The van der Waals surface area contributed by atoms with E-state index in [0.717, 1.165) is 12.0 Å². The summed E-state index contributed by atoms with van der Waals surface area (Å²) in [5, 5.41) is 0. The summed E-state index contributed by atoms with van der Waals surface area (Å²) >= 11 is 0. The predicted molar refractivity (Wildman–Crippen MR) is 87.2 cm³/mol. The summed E-state index contributed by atoms with van der Waals surface area (Å²) in [7, 11) is 2.26. The first-order valence-corrected chi connectivity index (χ1v) is 8.87. The van der Waals surface area contributed by atoms with Gasteiger partial charge in [-0.1, -0.05) is 13.8 Å². The van der Waals surface area contributed by atoms with Gasteiger partial charge in [0.25, 0.3) is 0 Å². The van der Waals surface area contributed by atoms with Crippen molar-refractivity contribution in [1.29, 1.82) is 0 Å². The van der Waals surface area contributed by atoms with Crippen LogP contribution in [0.15, 0.2) is 0 Å². The van der Waals surface area contributed by atoms with Crippen LogP contribution in [0.1, 0.15) is 46.0 Å². The molecule has 2 heterocycles. The van der Waals surface area contributed by atoms with E-state index in [2.05, 4.69) is 35.6 Å². The van der Waals surface area contributed by atoms with Gasteiger partial charge in [-0.2, -0.15) is 0 Å². The molecule has 0 amide bonds. The molecule has 0 spiro atoms. The third-order valence-corrected chi connectivity index (χ3v) is 5.50. The molecule has 0 aromatic rings. The number of likely N-dealkylation sites (tertiary alicyclic amines) is 2. The molecular formula is C17H35N3. The van der Waals surface area contributed by atoms with Crippen LogP contribution in [0.25, 0.3) is 0 Å². The molecule has 0 radical (unpaired) electrons. The van der Waals surface area contributed by atoms with Crippen molar-refractivity contribution in [3.05, 3.63) is 0 Å². The van der Waals surface area contributed by atoms with Gasteiger partial charge >= 0.3 is 0 Å². The van der Waals surface area contributed by atoms with Gasteiger partial charge in [0.2, 0.25) is 0 Å². The Balaban J connectivity index is 1.62. The van der Waals surface area contributed by atoms with E-state index in [0.29, 0.717) is 0 Å². The smallest absolute Gasteiger partial charge is 0.0235 e. The van der Waals surface area contributed by atoms with E-state index in [1.54, 1.807) is 0 Å². The van der Waals surface area contributed by atoms with Gasteiger partial charge in [0.05, 0.1) is 0 Å². The Kier molecular flexibility index (Phi) is 6.79. The van der Waals surface area contributed by atoms with Crippen LogP contribution in [0.5, 0.6) is 0 Å². The fourth-order valence-electron chi connectivity index (χ4n) is 3.98. The minimum Gasteiger partial charge on any atom is -0.305 e. The SMILES string of the molecule is CCN1CCC(CCCN(CC)C2CCN(C)C2)CC1. The van der Waals surface area contributed by atoms with Crippen LogP contribution in [0.4, 0.5) is 0 Å². The maximum absolute atomic E-state index is 2.73. The Morgan fingerprint density at radius 2 is 1.80 bits per heavy atom. The van der Waals surface area contributed by atoms with Crippen molar-refractivity contribution in [3.8, 4) is 0 Å². The van der Waals surface area contributed by atoms with E-state index in [1.165, 1.54) is 77.9 Å². The summed E-state index contributed by atoms with van der Waals surface area (Å²) < 4.78 is 0. The molecule has 0 aromatic carbocycles. The molecule has 0 N–H and O–H groups in total. The zero-order chi connectivity index (χ0) is 14.4. The van der Waals surface area contributed by atoms with E-state index < -0.39 is 0 Å². The van der Waals surface area contributed by atoms with Gasteiger partial charge in [-0.05, 0) is 84.3 Å². The zero-order valence-corrected chi connectivity index (χ0v) is 14.0. The quantitative estimate of drug-likeness (QED) is 0.710.